The van der Waals surface area contributed by atoms with Crippen LogP contribution in [0, 0.1) is 6.92 Å². The molecule has 2 rings (SSSR count). The predicted molar refractivity (Wildman–Crippen MR) is 85.2 cm³/mol. The lowest BCUT2D eigenvalue weighted by atomic mass is 10.1. The Bertz CT molecular complexity index is 525. The van der Waals surface area contributed by atoms with Gasteiger partial charge in [-0.25, -0.2) is 0 Å². The van der Waals surface area contributed by atoms with Crippen molar-refractivity contribution in [2.75, 3.05) is 12.8 Å². The fourth-order valence-electron chi connectivity index (χ4n) is 1.88. The van der Waals surface area contributed by atoms with E-state index in [1.165, 1.54) is 11.1 Å². The highest BCUT2D eigenvalue weighted by molar-refractivity contribution is 7.99. The molecule has 2 aromatic rings. The van der Waals surface area contributed by atoms with Gasteiger partial charge in [-0.1, -0.05) is 53.6 Å². The largest absolute Gasteiger partial charge is 0.312 e. The Hall–Kier alpha value is -0.960. The summed E-state index contributed by atoms with van der Waals surface area (Å²) >= 11 is 7.96. The predicted octanol–water partition coefficient (Wildman–Crippen LogP) is 4.70. The number of halogens is 1. The second-order valence-electron chi connectivity index (χ2n) is 4.49. The first-order chi connectivity index (χ1) is 9.20. The van der Waals surface area contributed by atoms with Crippen LogP contribution in [0.3, 0.4) is 0 Å². The normalized spacial score (nSPS) is 12.4. The maximum atomic E-state index is 6.18. The molecule has 0 aliphatic carbocycles. The average molecular weight is 292 g/mol. The van der Waals surface area contributed by atoms with E-state index < -0.39 is 0 Å². The second-order valence-corrected chi connectivity index (χ2v) is 5.96. The third-order valence-electron chi connectivity index (χ3n) is 3.07. The standard InChI is InChI=1S/C16H18ClNS/c1-12-7-9-13(10-8-12)15(18-2)11-19-16-6-4-3-5-14(16)17/h3-10,15,18H,11H2,1-2H3. The summed E-state index contributed by atoms with van der Waals surface area (Å²) in [5, 5.41) is 4.19. The van der Waals surface area contributed by atoms with Crippen molar-refractivity contribution in [2.45, 2.75) is 17.9 Å². The molecule has 0 aromatic heterocycles. The summed E-state index contributed by atoms with van der Waals surface area (Å²) in [5.41, 5.74) is 2.60. The Labute approximate surface area is 124 Å². The van der Waals surface area contributed by atoms with Crippen molar-refractivity contribution in [1.29, 1.82) is 0 Å². The van der Waals surface area contributed by atoms with E-state index in [-0.39, 0.29) is 0 Å². The van der Waals surface area contributed by atoms with E-state index in [0.29, 0.717) is 6.04 Å². The van der Waals surface area contributed by atoms with Crippen LogP contribution in [-0.4, -0.2) is 12.8 Å². The van der Waals surface area contributed by atoms with Crippen LogP contribution >= 0.6 is 23.4 Å². The lowest BCUT2D eigenvalue weighted by Gasteiger charge is -2.17. The summed E-state index contributed by atoms with van der Waals surface area (Å²) in [6.07, 6.45) is 0. The topological polar surface area (TPSA) is 12.0 Å². The molecular weight excluding hydrogens is 274 g/mol. The number of hydrogen-bond acceptors (Lipinski definition) is 2. The van der Waals surface area contributed by atoms with Gasteiger partial charge in [0.25, 0.3) is 0 Å². The fraction of sp³-hybridized carbons (Fsp3) is 0.250. The van der Waals surface area contributed by atoms with E-state index in [2.05, 4.69) is 42.6 Å². The monoisotopic (exact) mass is 291 g/mol. The van der Waals surface area contributed by atoms with Gasteiger partial charge in [0, 0.05) is 16.7 Å². The molecule has 3 heteroatoms. The van der Waals surface area contributed by atoms with Gasteiger partial charge in [0.1, 0.15) is 0 Å². The molecule has 0 fully saturated rings. The number of thioether (sulfide) groups is 1. The molecule has 0 amide bonds. The molecule has 1 N–H and O–H groups in total. The van der Waals surface area contributed by atoms with Crippen molar-refractivity contribution >= 4 is 23.4 Å². The zero-order chi connectivity index (χ0) is 13.7. The molecule has 1 atom stereocenters. The third kappa shape index (κ3) is 4.00. The molecule has 0 saturated heterocycles. The molecule has 100 valence electrons. The van der Waals surface area contributed by atoms with Gasteiger partial charge in [0.15, 0.2) is 0 Å². The van der Waals surface area contributed by atoms with Crippen molar-refractivity contribution in [1.82, 2.24) is 5.32 Å². The van der Waals surface area contributed by atoms with Crippen LogP contribution in [-0.2, 0) is 0 Å². The highest BCUT2D eigenvalue weighted by Crippen LogP contribution is 2.30. The van der Waals surface area contributed by atoms with Crippen molar-refractivity contribution in [2.24, 2.45) is 0 Å². The van der Waals surface area contributed by atoms with E-state index in [9.17, 15) is 0 Å². The summed E-state index contributed by atoms with van der Waals surface area (Å²) in [6.45, 7) is 2.11. The first kappa shape index (κ1) is 14.4. The molecular formula is C16H18ClNS. The maximum absolute atomic E-state index is 6.18. The second kappa shape index (κ2) is 6.99. The van der Waals surface area contributed by atoms with Crippen LogP contribution in [0.2, 0.25) is 5.02 Å². The van der Waals surface area contributed by atoms with Gasteiger partial charge in [-0.3, -0.25) is 0 Å². The van der Waals surface area contributed by atoms with Gasteiger partial charge >= 0.3 is 0 Å². The number of rotatable bonds is 5. The summed E-state index contributed by atoms with van der Waals surface area (Å²) in [7, 11) is 2.00. The molecule has 19 heavy (non-hydrogen) atoms. The summed E-state index contributed by atoms with van der Waals surface area (Å²) < 4.78 is 0. The molecule has 0 spiro atoms. The molecule has 0 aliphatic rings. The van der Waals surface area contributed by atoms with Crippen LogP contribution in [0.25, 0.3) is 0 Å². The van der Waals surface area contributed by atoms with E-state index in [0.717, 1.165) is 15.7 Å². The number of hydrogen-bond donors (Lipinski definition) is 1. The molecule has 2 aromatic carbocycles. The highest BCUT2D eigenvalue weighted by atomic mass is 35.5. The van der Waals surface area contributed by atoms with E-state index >= 15 is 0 Å². The molecule has 1 nitrogen and oxygen atoms in total. The van der Waals surface area contributed by atoms with Crippen LogP contribution in [0.5, 0.6) is 0 Å². The Morgan fingerprint density at radius 2 is 1.79 bits per heavy atom. The summed E-state index contributed by atoms with van der Waals surface area (Å²) in [6, 6.07) is 17.0. The Morgan fingerprint density at radius 3 is 2.42 bits per heavy atom. The Kier molecular flexibility index (Phi) is 5.32. The SMILES string of the molecule is CNC(CSc1ccccc1Cl)c1ccc(C)cc1. The zero-order valence-electron chi connectivity index (χ0n) is 11.2. The maximum Gasteiger partial charge on any atom is 0.0541 e. The van der Waals surface area contributed by atoms with Crippen molar-refractivity contribution in [3.63, 3.8) is 0 Å². The zero-order valence-corrected chi connectivity index (χ0v) is 12.8. The molecule has 1 unspecified atom stereocenters. The van der Waals surface area contributed by atoms with Gasteiger partial charge in [-0.2, -0.15) is 0 Å². The molecule has 0 heterocycles. The van der Waals surface area contributed by atoms with E-state index in [1.54, 1.807) is 11.8 Å². The number of nitrogens with one attached hydrogen (secondary N) is 1. The minimum atomic E-state index is 0.335. The summed E-state index contributed by atoms with van der Waals surface area (Å²) in [5.74, 6) is 0.962. The summed E-state index contributed by atoms with van der Waals surface area (Å²) in [4.78, 5) is 1.14. The molecule has 0 saturated carbocycles. The first-order valence-corrected chi connectivity index (χ1v) is 7.68. The Morgan fingerprint density at radius 1 is 1.11 bits per heavy atom. The average Bonchev–Trinajstić information content (AvgIpc) is 2.43. The van der Waals surface area contributed by atoms with Gasteiger partial charge in [0.05, 0.1) is 5.02 Å². The van der Waals surface area contributed by atoms with Gasteiger partial charge < -0.3 is 5.32 Å². The molecule has 0 bridgehead atoms. The molecule has 0 aliphatic heterocycles. The minimum Gasteiger partial charge on any atom is -0.312 e. The van der Waals surface area contributed by atoms with Crippen LogP contribution in [0.4, 0.5) is 0 Å². The van der Waals surface area contributed by atoms with Crippen molar-refractivity contribution < 1.29 is 0 Å². The van der Waals surface area contributed by atoms with E-state index in [1.807, 2.05) is 25.2 Å². The highest BCUT2D eigenvalue weighted by Gasteiger charge is 2.10. The molecule has 0 radical (unpaired) electrons. The first-order valence-electron chi connectivity index (χ1n) is 6.32. The fourth-order valence-corrected chi connectivity index (χ4v) is 3.27. The van der Waals surface area contributed by atoms with Crippen LogP contribution in [0.1, 0.15) is 17.2 Å². The van der Waals surface area contributed by atoms with Gasteiger partial charge in [-0.15, -0.1) is 11.8 Å². The third-order valence-corrected chi connectivity index (χ3v) is 4.68. The van der Waals surface area contributed by atoms with Gasteiger partial charge in [-0.05, 0) is 31.7 Å². The van der Waals surface area contributed by atoms with Gasteiger partial charge in [0.2, 0.25) is 0 Å². The van der Waals surface area contributed by atoms with Crippen LogP contribution in [0.15, 0.2) is 53.4 Å². The lowest BCUT2D eigenvalue weighted by Crippen LogP contribution is -2.18. The van der Waals surface area contributed by atoms with Crippen molar-refractivity contribution in [3.8, 4) is 0 Å². The van der Waals surface area contributed by atoms with Crippen LogP contribution < -0.4 is 5.32 Å². The lowest BCUT2D eigenvalue weighted by molar-refractivity contribution is 0.661. The quantitative estimate of drug-likeness (QED) is 0.801. The smallest absolute Gasteiger partial charge is 0.0541 e. The number of aryl methyl sites for hydroxylation is 1. The Balaban J connectivity index is 2.04. The van der Waals surface area contributed by atoms with Crippen molar-refractivity contribution in [3.05, 3.63) is 64.7 Å². The number of benzene rings is 2. The van der Waals surface area contributed by atoms with E-state index in [4.69, 9.17) is 11.6 Å². The minimum absolute atomic E-state index is 0.335.